The van der Waals surface area contributed by atoms with E-state index in [1.165, 1.54) is 0 Å². The molecule has 1 atom stereocenters. The van der Waals surface area contributed by atoms with Crippen LogP contribution in [0.15, 0.2) is 90.3 Å². The van der Waals surface area contributed by atoms with Gasteiger partial charge in [0.1, 0.15) is 18.5 Å². The van der Waals surface area contributed by atoms with Crippen LogP contribution in [-0.2, 0) is 6.42 Å². The summed E-state index contributed by atoms with van der Waals surface area (Å²) in [6, 6.07) is 22.7. The molecule has 180 valence electrons. The first-order chi connectivity index (χ1) is 17.2. The van der Waals surface area contributed by atoms with Crippen LogP contribution in [0.25, 0.3) is 10.8 Å². The number of nitrogens with one attached hydrogen (secondary N) is 3. The lowest BCUT2D eigenvalue weighted by Gasteiger charge is -2.15. The summed E-state index contributed by atoms with van der Waals surface area (Å²) in [5, 5.41) is 18.5. The minimum Gasteiger partial charge on any atom is -0.490 e. The number of carbonyl (C=O) groups excluding carboxylic acids is 1. The van der Waals surface area contributed by atoms with Crippen LogP contribution in [0.2, 0.25) is 0 Å². The van der Waals surface area contributed by atoms with Crippen molar-refractivity contribution in [2.75, 3.05) is 19.7 Å². The Kier molecular flexibility index (Phi) is 8.45. The van der Waals surface area contributed by atoms with Gasteiger partial charge in [-0.25, -0.2) is 4.98 Å². The second-order valence-electron chi connectivity index (χ2n) is 8.06. The first-order valence-corrected chi connectivity index (χ1v) is 11.6. The van der Waals surface area contributed by atoms with E-state index in [1.54, 1.807) is 36.8 Å². The standard InChI is InChI=1S/C27H29N5O3/c33-23(18-35-25-14-6-11-20-8-4-5-13-24(20)25)17-30-27(29-15-7-12-22-16-28-19-31-22)32-26(34)21-9-2-1-3-10-21/h1-6,8-11,13-14,16,19,23,33H,7,12,15,17-18H2,(H,28,31)(H2,29,30,32,34). The SMILES string of the molecule is O=C(NC(=NCC(O)COc1cccc2ccccc12)NCCCc1cnc[nH]1)c1ccccc1. The number of hydrogen-bond acceptors (Lipinski definition) is 5. The van der Waals surface area contributed by atoms with Crippen molar-refractivity contribution in [3.63, 3.8) is 0 Å². The Morgan fingerprint density at radius 3 is 2.69 bits per heavy atom. The van der Waals surface area contributed by atoms with Gasteiger partial charge in [0, 0.05) is 29.4 Å². The molecule has 1 unspecified atom stereocenters. The normalized spacial score (nSPS) is 12.3. The molecule has 0 aliphatic heterocycles. The van der Waals surface area contributed by atoms with Crippen molar-refractivity contribution >= 4 is 22.6 Å². The summed E-state index contributed by atoms with van der Waals surface area (Å²) in [6.07, 6.45) is 4.23. The number of aliphatic imine (C=N–C) groups is 1. The molecule has 1 heterocycles. The molecule has 0 bridgehead atoms. The van der Waals surface area contributed by atoms with Gasteiger partial charge in [0.2, 0.25) is 0 Å². The van der Waals surface area contributed by atoms with Crippen LogP contribution in [0.5, 0.6) is 5.75 Å². The summed E-state index contributed by atoms with van der Waals surface area (Å²) in [6.45, 7) is 0.746. The fraction of sp³-hybridized carbons (Fsp3) is 0.222. The van der Waals surface area contributed by atoms with Gasteiger partial charge >= 0.3 is 0 Å². The van der Waals surface area contributed by atoms with Crippen molar-refractivity contribution in [2.45, 2.75) is 18.9 Å². The molecule has 0 aliphatic rings. The molecule has 0 aliphatic carbocycles. The van der Waals surface area contributed by atoms with Gasteiger partial charge in [0.05, 0.1) is 12.9 Å². The number of aromatic nitrogens is 2. The monoisotopic (exact) mass is 471 g/mol. The van der Waals surface area contributed by atoms with E-state index in [0.29, 0.717) is 23.8 Å². The van der Waals surface area contributed by atoms with Gasteiger partial charge in [-0.1, -0.05) is 54.6 Å². The highest BCUT2D eigenvalue weighted by atomic mass is 16.5. The molecule has 0 saturated carbocycles. The lowest BCUT2D eigenvalue weighted by atomic mass is 10.1. The number of ether oxygens (including phenoxy) is 1. The van der Waals surface area contributed by atoms with Crippen molar-refractivity contribution in [1.82, 2.24) is 20.6 Å². The number of nitrogens with zero attached hydrogens (tertiary/aromatic N) is 2. The van der Waals surface area contributed by atoms with E-state index in [0.717, 1.165) is 29.3 Å². The Morgan fingerprint density at radius 2 is 1.86 bits per heavy atom. The third-order valence-electron chi connectivity index (χ3n) is 5.38. The van der Waals surface area contributed by atoms with Crippen LogP contribution < -0.4 is 15.4 Å². The zero-order valence-electron chi connectivity index (χ0n) is 19.4. The number of aliphatic hydroxyl groups is 1. The summed E-state index contributed by atoms with van der Waals surface area (Å²) in [7, 11) is 0. The number of aliphatic hydroxyl groups excluding tert-OH is 1. The van der Waals surface area contributed by atoms with E-state index in [2.05, 4.69) is 25.6 Å². The topological polar surface area (TPSA) is 112 Å². The molecule has 8 heteroatoms. The van der Waals surface area contributed by atoms with Gasteiger partial charge in [-0.05, 0) is 36.4 Å². The van der Waals surface area contributed by atoms with E-state index in [9.17, 15) is 9.90 Å². The summed E-state index contributed by atoms with van der Waals surface area (Å²) in [4.78, 5) is 24.1. The van der Waals surface area contributed by atoms with Crippen molar-refractivity contribution < 1.29 is 14.6 Å². The third kappa shape index (κ3) is 7.15. The average Bonchev–Trinajstić information content (AvgIpc) is 3.42. The number of hydrogen-bond donors (Lipinski definition) is 4. The Balaban J connectivity index is 1.34. The van der Waals surface area contributed by atoms with E-state index in [-0.39, 0.29) is 19.1 Å². The Morgan fingerprint density at radius 1 is 1.06 bits per heavy atom. The summed E-state index contributed by atoms with van der Waals surface area (Å²) >= 11 is 0. The third-order valence-corrected chi connectivity index (χ3v) is 5.38. The van der Waals surface area contributed by atoms with Gasteiger partial charge in [-0.3, -0.25) is 15.1 Å². The van der Waals surface area contributed by atoms with Crippen LogP contribution in [-0.4, -0.2) is 52.7 Å². The van der Waals surface area contributed by atoms with Crippen LogP contribution >= 0.6 is 0 Å². The number of benzene rings is 3. The highest BCUT2D eigenvalue weighted by Crippen LogP contribution is 2.25. The van der Waals surface area contributed by atoms with Crippen LogP contribution in [0.3, 0.4) is 0 Å². The number of carbonyl (C=O) groups is 1. The number of aryl methyl sites for hydroxylation is 1. The van der Waals surface area contributed by atoms with E-state index < -0.39 is 6.10 Å². The van der Waals surface area contributed by atoms with Gasteiger partial charge < -0.3 is 20.1 Å². The molecular formula is C27H29N5O3. The van der Waals surface area contributed by atoms with Gasteiger partial charge in [-0.2, -0.15) is 0 Å². The number of amides is 1. The maximum atomic E-state index is 12.6. The molecule has 35 heavy (non-hydrogen) atoms. The first kappa shape index (κ1) is 24.0. The molecule has 0 fully saturated rings. The number of H-pyrrole nitrogens is 1. The minimum atomic E-state index is -0.843. The van der Waals surface area contributed by atoms with Crippen molar-refractivity contribution in [1.29, 1.82) is 0 Å². The largest absolute Gasteiger partial charge is 0.490 e. The maximum Gasteiger partial charge on any atom is 0.257 e. The number of fused-ring (bicyclic) bond motifs is 1. The zero-order chi connectivity index (χ0) is 24.3. The van der Waals surface area contributed by atoms with Gasteiger partial charge in [-0.15, -0.1) is 0 Å². The second-order valence-corrected chi connectivity index (χ2v) is 8.06. The number of aromatic amines is 1. The fourth-order valence-electron chi connectivity index (χ4n) is 3.57. The van der Waals surface area contributed by atoms with Crippen LogP contribution in [0.1, 0.15) is 22.5 Å². The Bertz CT molecular complexity index is 1240. The molecule has 8 nitrogen and oxygen atoms in total. The molecule has 0 radical (unpaired) electrons. The average molecular weight is 472 g/mol. The maximum absolute atomic E-state index is 12.6. The predicted molar refractivity (Wildman–Crippen MR) is 137 cm³/mol. The smallest absolute Gasteiger partial charge is 0.257 e. The van der Waals surface area contributed by atoms with Crippen molar-refractivity contribution in [2.24, 2.45) is 4.99 Å². The van der Waals surface area contributed by atoms with Crippen molar-refractivity contribution in [3.8, 4) is 5.75 Å². The molecule has 4 N–H and O–H groups in total. The molecule has 0 saturated heterocycles. The number of rotatable bonds is 10. The van der Waals surface area contributed by atoms with Crippen LogP contribution in [0.4, 0.5) is 0 Å². The zero-order valence-corrected chi connectivity index (χ0v) is 19.4. The van der Waals surface area contributed by atoms with Crippen LogP contribution in [0, 0.1) is 0 Å². The highest BCUT2D eigenvalue weighted by Gasteiger charge is 2.11. The quantitative estimate of drug-likeness (QED) is 0.161. The minimum absolute atomic E-state index is 0.0721. The summed E-state index contributed by atoms with van der Waals surface area (Å²) < 4.78 is 5.87. The summed E-state index contributed by atoms with van der Waals surface area (Å²) in [5.41, 5.74) is 1.57. The molecule has 0 spiro atoms. The molecule has 1 amide bonds. The lowest BCUT2D eigenvalue weighted by molar-refractivity contribution is 0.0974. The molecule has 4 aromatic rings. The molecule has 4 rings (SSSR count). The van der Waals surface area contributed by atoms with Gasteiger partial charge in [0.25, 0.3) is 5.91 Å². The van der Waals surface area contributed by atoms with E-state index >= 15 is 0 Å². The number of imidazole rings is 1. The van der Waals surface area contributed by atoms with Gasteiger partial charge in [0.15, 0.2) is 5.96 Å². The summed E-state index contributed by atoms with van der Waals surface area (Å²) in [5.74, 6) is 0.750. The number of guanidine groups is 1. The molecular weight excluding hydrogens is 442 g/mol. The van der Waals surface area contributed by atoms with E-state index in [4.69, 9.17) is 4.74 Å². The highest BCUT2D eigenvalue weighted by molar-refractivity contribution is 6.05. The lowest BCUT2D eigenvalue weighted by Crippen LogP contribution is -2.42. The molecule has 1 aromatic heterocycles. The Hall–Kier alpha value is -4.17. The Labute approximate surface area is 204 Å². The first-order valence-electron chi connectivity index (χ1n) is 11.6. The van der Waals surface area contributed by atoms with Crippen molar-refractivity contribution in [3.05, 3.63) is 96.6 Å². The predicted octanol–water partition coefficient (Wildman–Crippen LogP) is 3.31. The van der Waals surface area contributed by atoms with E-state index in [1.807, 2.05) is 48.5 Å². The second kappa shape index (κ2) is 12.3. The molecule has 3 aromatic carbocycles. The fourth-order valence-corrected chi connectivity index (χ4v) is 3.57.